The average molecular weight is 304 g/mol. The van der Waals surface area contributed by atoms with Crippen LogP contribution in [0.3, 0.4) is 0 Å². The Hall–Kier alpha value is -2.41. The van der Waals surface area contributed by atoms with E-state index in [1.807, 2.05) is 42.5 Å². The molecule has 0 radical (unpaired) electrons. The van der Waals surface area contributed by atoms with Crippen molar-refractivity contribution < 1.29 is 4.39 Å². The summed E-state index contributed by atoms with van der Waals surface area (Å²) in [6, 6.07) is 18.0. The molecule has 0 aliphatic carbocycles. The molecule has 0 spiro atoms. The van der Waals surface area contributed by atoms with Crippen molar-refractivity contribution in [1.29, 1.82) is 0 Å². The molecule has 3 rings (SSSR count). The Morgan fingerprint density at radius 3 is 2.39 bits per heavy atom. The maximum absolute atomic E-state index is 14.9. The fourth-order valence-electron chi connectivity index (χ4n) is 2.90. The van der Waals surface area contributed by atoms with E-state index < -0.39 is 0 Å². The van der Waals surface area contributed by atoms with E-state index in [9.17, 15) is 4.39 Å². The van der Waals surface area contributed by atoms with Gasteiger partial charge in [0.05, 0.1) is 0 Å². The monoisotopic (exact) mass is 304 g/mol. The fourth-order valence-corrected chi connectivity index (χ4v) is 2.90. The maximum atomic E-state index is 14.9. The van der Waals surface area contributed by atoms with E-state index in [0.717, 1.165) is 30.2 Å². The Morgan fingerprint density at radius 1 is 0.957 bits per heavy atom. The van der Waals surface area contributed by atoms with Gasteiger partial charge < -0.3 is 0 Å². The van der Waals surface area contributed by atoms with Gasteiger partial charge in [-0.1, -0.05) is 67.6 Å². The van der Waals surface area contributed by atoms with Gasteiger partial charge in [-0.2, -0.15) is 0 Å². The lowest BCUT2D eigenvalue weighted by Crippen LogP contribution is -1.90. The third kappa shape index (κ3) is 3.19. The number of allylic oxidation sites excluding steroid dienone is 1. The van der Waals surface area contributed by atoms with Gasteiger partial charge in [0, 0.05) is 10.9 Å². The highest BCUT2D eigenvalue weighted by Gasteiger charge is 2.09. The van der Waals surface area contributed by atoms with Crippen molar-refractivity contribution in [2.24, 2.45) is 0 Å². The minimum atomic E-state index is -0.135. The molecule has 0 bridgehead atoms. The number of benzene rings is 3. The quantitative estimate of drug-likeness (QED) is 0.483. The minimum Gasteiger partial charge on any atom is -0.206 e. The van der Waals surface area contributed by atoms with Crippen molar-refractivity contribution in [3.8, 4) is 11.1 Å². The first-order valence-corrected chi connectivity index (χ1v) is 8.14. The van der Waals surface area contributed by atoms with Crippen molar-refractivity contribution in [1.82, 2.24) is 0 Å². The lowest BCUT2D eigenvalue weighted by molar-refractivity contribution is 0.643. The highest BCUT2D eigenvalue weighted by atomic mass is 19.1. The number of hydrogen-bond acceptors (Lipinski definition) is 0. The highest BCUT2D eigenvalue weighted by Crippen LogP contribution is 2.30. The zero-order valence-corrected chi connectivity index (χ0v) is 13.5. The molecule has 0 amide bonds. The van der Waals surface area contributed by atoms with Crippen molar-refractivity contribution in [3.05, 3.63) is 84.2 Å². The fraction of sp³-hybridized carbons (Fsp3) is 0.182. The number of hydrogen-bond donors (Lipinski definition) is 0. The Morgan fingerprint density at radius 2 is 1.70 bits per heavy atom. The van der Waals surface area contributed by atoms with E-state index in [1.165, 1.54) is 11.1 Å². The summed E-state index contributed by atoms with van der Waals surface area (Å²) in [4.78, 5) is 0. The van der Waals surface area contributed by atoms with E-state index in [2.05, 4.69) is 31.7 Å². The van der Waals surface area contributed by atoms with Crippen LogP contribution in [0, 0.1) is 5.82 Å². The van der Waals surface area contributed by atoms with Crippen molar-refractivity contribution >= 4 is 10.8 Å². The molecule has 3 aromatic carbocycles. The second kappa shape index (κ2) is 6.78. The molecule has 0 aliphatic rings. The van der Waals surface area contributed by atoms with Crippen molar-refractivity contribution in [2.75, 3.05) is 0 Å². The van der Waals surface area contributed by atoms with Crippen LogP contribution in [-0.2, 0) is 12.8 Å². The number of rotatable bonds is 5. The van der Waals surface area contributed by atoms with Gasteiger partial charge in [0.15, 0.2) is 0 Å². The topological polar surface area (TPSA) is 0 Å². The Bertz CT molecular complexity index is 828. The van der Waals surface area contributed by atoms with Crippen LogP contribution in [-0.4, -0.2) is 0 Å². The molecular weight excluding hydrogens is 283 g/mol. The van der Waals surface area contributed by atoms with Gasteiger partial charge >= 0.3 is 0 Å². The third-order valence-corrected chi connectivity index (χ3v) is 4.33. The first kappa shape index (κ1) is 15.5. The molecule has 0 saturated carbocycles. The second-order valence-electron chi connectivity index (χ2n) is 5.86. The highest BCUT2D eigenvalue weighted by molar-refractivity contribution is 5.88. The summed E-state index contributed by atoms with van der Waals surface area (Å²) in [6.07, 6.45) is 4.82. The van der Waals surface area contributed by atoms with Gasteiger partial charge in [-0.15, -0.1) is 6.58 Å². The largest absolute Gasteiger partial charge is 0.206 e. The van der Waals surface area contributed by atoms with E-state index in [4.69, 9.17) is 0 Å². The van der Waals surface area contributed by atoms with Crippen LogP contribution in [0.5, 0.6) is 0 Å². The molecule has 116 valence electrons. The standard InChI is InChI=1S/C22H21F/c1-3-5-6-17-7-10-18(11-8-17)20-14-12-19-15-16(4-2)9-13-21(19)22(20)23/h3,7-15H,1,4-6H2,2H3. The van der Waals surface area contributed by atoms with Gasteiger partial charge in [-0.3, -0.25) is 0 Å². The summed E-state index contributed by atoms with van der Waals surface area (Å²) in [5, 5.41) is 1.66. The van der Waals surface area contributed by atoms with Gasteiger partial charge in [0.1, 0.15) is 5.82 Å². The van der Waals surface area contributed by atoms with Gasteiger partial charge in [0.2, 0.25) is 0 Å². The molecule has 3 aromatic rings. The molecule has 0 aromatic heterocycles. The van der Waals surface area contributed by atoms with Crippen LogP contribution in [0.1, 0.15) is 24.5 Å². The van der Waals surface area contributed by atoms with Crippen LogP contribution in [0.25, 0.3) is 21.9 Å². The lowest BCUT2D eigenvalue weighted by Gasteiger charge is -2.09. The Kier molecular flexibility index (Phi) is 4.57. The predicted octanol–water partition coefficient (Wildman–Crippen LogP) is 6.33. The average Bonchev–Trinajstić information content (AvgIpc) is 2.60. The summed E-state index contributed by atoms with van der Waals surface area (Å²) in [5.74, 6) is -0.135. The molecule has 0 aliphatic heterocycles. The molecule has 0 fully saturated rings. The van der Waals surface area contributed by atoms with Crippen LogP contribution < -0.4 is 0 Å². The smallest absolute Gasteiger partial charge is 0.138 e. The van der Waals surface area contributed by atoms with E-state index in [1.54, 1.807) is 0 Å². The summed E-state index contributed by atoms with van der Waals surface area (Å²) in [5.41, 5.74) is 4.07. The Balaban J connectivity index is 1.99. The predicted molar refractivity (Wildman–Crippen MR) is 97.2 cm³/mol. The molecule has 0 atom stereocenters. The number of halogens is 1. The summed E-state index contributed by atoms with van der Waals surface area (Å²) < 4.78 is 14.9. The first-order chi connectivity index (χ1) is 11.2. The third-order valence-electron chi connectivity index (χ3n) is 4.33. The van der Waals surface area contributed by atoms with Crippen LogP contribution >= 0.6 is 0 Å². The van der Waals surface area contributed by atoms with E-state index >= 15 is 0 Å². The zero-order chi connectivity index (χ0) is 16.2. The molecule has 0 saturated heterocycles. The lowest BCUT2D eigenvalue weighted by atomic mass is 9.97. The Labute approximate surface area is 137 Å². The van der Waals surface area contributed by atoms with Crippen LogP contribution in [0.4, 0.5) is 4.39 Å². The molecule has 0 unspecified atom stereocenters. The molecular formula is C22H21F. The molecule has 0 nitrogen and oxygen atoms in total. The van der Waals surface area contributed by atoms with Gasteiger partial charge in [0.25, 0.3) is 0 Å². The minimum absolute atomic E-state index is 0.135. The van der Waals surface area contributed by atoms with Crippen LogP contribution in [0.2, 0.25) is 0 Å². The second-order valence-corrected chi connectivity index (χ2v) is 5.86. The number of fused-ring (bicyclic) bond motifs is 1. The maximum Gasteiger partial charge on any atom is 0.138 e. The summed E-state index contributed by atoms with van der Waals surface area (Å²) in [6.45, 7) is 5.86. The zero-order valence-electron chi connectivity index (χ0n) is 13.5. The van der Waals surface area contributed by atoms with Crippen molar-refractivity contribution in [3.63, 3.8) is 0 Å². The van der Waals surface area contributed by atoms with Gasteiger partial charge in [-0.05, 0) is 41.3 Å². The molecule has 0 N–H and O–H groups in total. The van der Waals surface area contributed by atoms with E-state index in [0.29, 0.717) is 10.9 Å². The molecule has 1 heteroatoms. The SMILES string of the molecule is C=CCCc1ccc(-c2ccc3cc(CC)ccc3c2F)cc1. The van der Waals surface area contributed by atoms with E-state index in [-0.39, 0.29) is 5.82 Å². The number of aryl methyl sites for hydroxylation is 2. The van der Waals surface area contributed by atoms with Gasteiger partial charge in [-0.25, -0.2) is 4.39 Å². The molecule has 23 heavy (non-hydrogen) atoms. The summed E-state index contributed by atoms with van der Waals surface area (Å²) >= 11 is 0. The van der Waals surface area contributed by atoms with Crippen molar-refractivity contribution in [2.45, 2.75) is 26.2 Å². The van der Waals surface area contributed by atoms with Crippen LogP contribution in [0.15, 0.2) is 67.3 Å². The summed E-state index contributed by atoms with van der Waals surface area (Å²) in [7, 11) is 0. The molecule has 0 heterocycles. The normalized spacial score (nSPS) is 10.9. The first-order valence-electron chi connectivity index (χ1n) is 8.14.